The lowest BCUT2D eigenvalue weighted by Gasteiger charge is -2.04. The standard InChI is InChI=1S/C20H18ClN3O/c21-18-9-5-4-8-15(18)13-24-11-10-19(23-24)22-20(25)17-12-16(17)14-6-2-1-3-7-14/h1-11,16-17H,12-13H2,(H,22,23,25). The van der Waals surface area contributed by atoms with E-state index >= 15 is 0 Å². The van der Waals surface area contributed by atoms with Gasteiger partial charge >= 0.3 is 0 Å². The van der Waals surface area contributed by atoms with Crippen LogP contribution in [0.25, 0.3) is 0 Å². The molecule has 1 N–H and O–H groups in total. The van der Waals surface area contributed by atoms with Gasteiger partial charge in [0.1, 0.15) is 0 Å². The van der Waals surface area contributed by atoms with Crippen molar-refractivity contribution in [1.29, 1.82) is 0 Å². The highest BCUT2D eigenvalue weighted by atomic mass is 35.5. The van der Waals surface area contributed by atoms with E-state index in [-0.39, 0.29) is 11.8 Å². The van der Waals surface area contributed by atoms with Gasteiger partial charge in [-0.1, -0.05) is 60.1 Å². The number of hydrogen-bond donors (Lipinski definition) is 1. The lowest BCUT2D eigenvalue weighted by molar-refractivity contribution is -0.117. The number of nitrogens with zero attached hydrogens (tertiary/aromatic N) is 2. The zero-order valence-electron chi connectivity index (χ0n) is 13.6. The molecule has 0 radical (unpaired) electrons. The van der Waals surface area contributed by atoms with Gasteiger partial charge in [0.05, 0.1) is 6.54 Å². The maximum absolute atomic E-state index is 12.4. The van der Waals surface area contributed by atoms with Crippen LogP contribution in [0.5, 0.6) is 0 Å². The molecule has 126 valence electrons. The number of nitrogens with one attached hydrogen (secondary N) is 1. The Bertz CT molecular complexity index is 891. The fourth-order valence-electron chi connectivity index (χ4n) is 3.09. The van der Waals surface area contributed by atoms with Crippen molar-refractivity contribution in [3.8, 4) is 0 Å². The van der Waals surface area contributed by atoms with Gasteiger partial charge in [-0.15, -0.1) is 0 Å². The molecule has 25 heavy (non-hydrogen) atoms. The highest BCUT2D eigenvalue weighted by Crippen LogP contribution is 2.47. The number of halogens is 1. The second kappa shape index (κ2) is 6.73. The molecule has 1 heterocycles. The summed E-state index contributed by atoms with van der Waals surface area (Å²) in [6, 6.07) is 19.7. The molecule has 0 saturated heterocycles. The van der Waals surface area contributed by atoms with Crippen LogP contribution in [0.2, 0.25) is 5.02 Å². The van der Waals surface area contributed by atoms with E-state index in [0.29, 0.717) is 23.3 Å². The van der Waals surface area contributed by atoms with E-state index < -0.39 is 0 Å². The third-order valence-corrected chi connectivity index (χ3v) is 4.91. The molecule has 1 aromatic heterocycles. The molecule has 1 aliphatic carbocycles. The van der Waals surface area contributed by atoms with Crippen LogP contribution in [-0.4, -0.2) is 15.7 Å². The van der Waals surface area contributed by atoms with E-state index in [1.165, 1.54) is 5.56 Å². The van der Waals surface area contributed by atoms with Crippen molar-refractivity contribution in [1.82, 2.24) is 9.78 Å². The fourth-order valence-corrected chi connectivity index (χ4v) is 3.29. The predicted octanol–water partition coefficient (Wildman–Crippen LogP) is 4.33. The van der Waals surface area contributed by atoms with E-state index in [4.69, 9.17) is 11.6 Å². The lowest BCUT2D eigenvalue weighted by Crippen LogP contribution is -2.15. The Balaban J connectivity index is 1.37. The zero-order valence-corrected chi connectivity index (χ0v) is 14.4. The molecular formula is C20H18ClN3O. The van der Waals surface area contributed by atoms with Gasteiger partial charge in [0.15, 0.2) is 5.82 Å². The largest absolute Gasteiger partial charge is 0.309 e. The van der Waals surface area contributed by atoms with Gasteiger partial charge < -0.3 is 5.32 Å². The van der Waals surface area contributed by atoms with Crippen LogP contribution in [0.4, 0.5) is 5.82 Å². The second-order valence-corrected chi connectivity index (χ2v) is 6.75. The molecule has 1 fully saturated rings. The Labute approximate surface area is 151 Å². The average molecular weight is 352 g/mol. The highest BCUT2D eigenvalue weighted by molar-refractivity contribution is 6.31. The molecule has 0 aliphatic heterocycles. The van der Waals surface area contributed by atoms with Gasteiger partial charge in [0.2, 0.25) is 5.91 Å². The Morgan fingerprint density at radius 3 is 2.68 bits per heavy atom. The summed E-state index contributed by atoms with van der Waals surface area (Å²) < 4.78 is 1.78. The summed E-state index contributed by atoms with van der Waals surface area (Å²) in [6.07, 6.45) is 2.75. The van der Waals surface area contributed by atoms with E-state index in [0.717, 1.165) is 12.0 Å². The number of carbonyl (C=O) groups excluding carboxylic acids is 1. The van der Waals surface area contributed by atoms with E-state index in [9.17, 15) is 4.79 Å². The van der Waals surface area contributed by atoms with Crippen LogP contribution in [0.3, 0.4) is 0 Å². The molecule has 2 atom stereocenters. The zero-order chi connectivity index (χ0) is 17.2. The number of rotatable bonds is 5. The van der Waals surface area contributed by atoms with Crippen molar-refractivity contribution < 1.29 is 4.79 Å². The summed E-state index contributed by atoms with van der Waals surface area (Å²) in [5.41, 5.74) is 2.23. The maximum atomic E-state index is 12.4. The molecule has 4 rings (SSSR count). The minimum Gasteiger partial charge on any atom is -0.309 e. The molecule has 0 spiro atoms. The molecule has 0 bridgehead atoms. The van der Waals surface area contributed by atoms with Crippen molar-refractivity contribution in [2.24, 2.45) is 5.92 Å². The second-order valence-electron chi connectivity index (χ2n) is 6.34. The molecule has 4 nitrogen and oxygen atoms in total. The Morgan fingerprint density at radius 1 is 1.12 bits per heavy atom. The number of hydrogen-bond acceptors (Lipinski definition) is 2. The lowest BCUT2D eigenvalue weighted by atomic mass is 10.1. The van der Waals surface area contributed by atoms with Crippen LogP contribution in [0.1, 0.15) is 23.5 Å². The number of benzene rings is 2. The first-order chi connectivity index (χ1) is 12.2. The number of carbonyl (C=O) groups is 1. The van der Waals surface area contributed by atoms with Gasteiger partial charge in [-0.3, -0.25) is 9.48 Å². The summed E-state index contributed by atoms with van der Waals surface area (Å²) in [4.78, 5) is 12.4. The molecule has 1 amide bonds. The summed E-state index contributed by atoms with van der Waals surface area (Å²) in [5.74, 6) is 0.982. The maximum Gasteiger partial charge on any atom is 0.229 e. The molecule has 1 aliphatic rings. The minimum atomic E-state index is 0.0381. The molecule has 2 unspecified atom stereocenters. The first-order valence-corrected chi connectivity index (χ1v) is 8.71. The van der Waals surface area contributed by atoms with Crippen molar-refractivity contribution in [2.75, 3.05) is 5.32 Å². The molecular weight excluding hydrogens is 334 g/mol. The van der Waals surface area contributed by atoms with Gasteiger partial charge in [-0.25, -0.2) is 0 Å². The van der Waals surface area contributed by atoms with Crippen LogP contribution in [0.15, 0.2) is 66.9 Å². The predicted molar refractivity (Wildman–Crippen MR) is 98.7 cm³/mol. The Hall–Kier alpha value is -2.59. The van der Waals surface area contributed by atoms with Crippen molar-refractivity contribution in [3.63, 3.8) is 0 Å². The van der Waals surface area contributed by atoms with Crippen molar-refractivity contribution in [3.05, 3.63) is 83.0 Å². The monoisotopic (exact) mass is 351 g/mol. The molecule has 5 heteroatoms. The van der Waals surface area contributed by atoms with Gasteiger partial charge in [-0.2, -0.15) is 5.10 Å². The van der Waals surface area contributed by atoms with Crippen molar-refractivity contribution >= 4 is 23.3 Å². The highest BCUT2D eigenvalue weighted by Gasteiger charge is 2.43. The Morgan fingerprint density at radius 2 is 1.88 bits per heavy atom. The van der Waals surface area contributed by atoms with Crippen LogP contribution in [0, 0.1) is 5.92 Å². The normalized spacial score (nSPS) is 18.8. The van der Waals surface area contributed by atoms with E-state index in [2.05, 4.69) is 22.5 Å². The van der Waals surface area contributed by atoms with Crippen LogP contribution >= 0.6 is 11.6 Å². The van der Waals surface area contributed by atoms with Gasteiger partial charge in [0.25, 0.3) is 0 Å². The number of anilines is 1. The average Bonchev–Trinajstić information content (AvgIpc) is 3.33. The first kappa shape index (κ1) is 15.9. The quantitative estimate of drug-likeness (QED) is 0.743. The number of amides is 1. The van der Waals surface area contributed by atoms with Gasteiger partial charge in [0, 0.05) is 23.2 Å². The van der Waals surface area contributed by atoms with Crippen molar-refractivity contribution in [2.45, 2.75) is 18.9 Å². The smallest absolute Gasteiger partial charge is 0.229 e. The minimum absolute atomic E-state index is 0.0381. The van der Waals surface area contributed by atoms with Gasteiger partial charge in [-0.05, 0) is 29.5 Å². The third kappa shape index (κ3) is 3.59. The van der Waals surface area contributed by atoms with E-state index in [1.807, 2.05) is 54.7 Å². The summed E-state index contributed by atoms with van der Waals surface area (Å²) in [6.45, 7) is 0.575. The first-order valence-electron chi connectivity index (χ1n) is 8.33. The SMILES string of the molecule is O=C(Nc1ccn(Cc2ccccc2Cl)n1)C1CC1c1ccccc1. The number of aromatic nitrogens is 2. The van der Waals surface area contributed by atoms with Crippen LogP contribution < -0.4 is 5.32 Å². The molecule has 1 saturated carbocycles. The summed E-state index contributed by atoms with van der Waals surface area (Å²) >= 11 is 6.18. The van der Waals surface area contributed by atoms with E-state index in [1.54, 1.807) is 4.68 Å². The summed E-state index contributed by atoms with van der Waals surface area (Å²) in [7, 11) is 0. The molecule has 2 aromatic carbocycles. The fraction of sp³-hybridized carbons (Fsp3) is 0.200. The van der Waals surface area contributed by atoms with Crippen LogP contribution in [-0.2, 0) is 11.3 Å². The Kier molecular flexibility index (Phi) is 4.28. The third-order valence-electron chi connectivity index (χ3n) is 4.54. The molecule has 3 aromatic rings. The summed E-state index contributed by atoms with van der Waals surface area (Å²) in [5, 5.41) is 8.06. The topological polar surface area (TPSA) is 46.9 Å².